The highest BCUT2D eigenvalue weighted by Crippen LogP contribution is 2.24. The van der Waals surface area contributed by atoms with Crippen LogP contribution >= 0.6 is 27.5 Å². The lowest BCUT2D eigenvalue weighted by Gasteiger charge is -2.03. The van der Waals surface area contributed by atoms with Gasteiger partial charge in [-0.1, -0.05) is 11.6 Å². The first-order valence-electron chi connectivity index (χ1n) is 3.27. The Labute approximate surface area is 83.6 Å². The van der Waals surface area contributed by atoms with Crippen LogP contribution in [0.1, 0.15) is 5.56 Å². The maximum Gasteiger partial charge on any atom is 0.142 e. The molecule has 0 N–H and O–H groups in total. The molecule has 1 aromatic carbocycles. The molecule has 0 aliphatic heterocycles. The predicted octanol–water partition coefficient (Wildman–Crippen LogP) is 3.39. The fraction of sp³-hybridized carbons (Fsp3) is 0.250. The standard InChI is InChI=1S/C8H7BrClFO/c1-12-4-5-2-6(10)3-7(9)8(5)11/h2-3H,4H2,1H3. The summed E-state index contributed by atoms with van der Waals surface area (Å²) < 4.78 is 18.3. The molecule has 0 saturated carbocycles. The molecule has 1 rings (SSSR count). The highest BCUT2D eigenvalue weighted by Gasteiger charge is 2.07. The molecule has 12 heavy (non-hydrogen) atoms. The lowest BCUT2D eigenvalue weighted by Crippen LogP contribution is -1.93. The Kier molecular flexibility index (Phi) is 3.50. The third-order valence-electron chi connectivity index (χ3n) is 1.37. The second-order valence-electron chi connectivity index (χ2n) is 2.29. The van der Waals surface area contributed by atoms with Crippen molar-refractivity contribution in [3.63, 3.8) is 0 Å². The van der Waals surface area contributed by atoms with Gasteiger partial charge in [-0.3, -0.25) is 0 Å². The first-order chi connectivity index (χ1) is 5.65. The summed E-state index contributed by atoms with van der Waals surface area (Å²) in [5.74, 6) is -0.318. The second kappa shape index (κ2) is 4.21. The minimum absolute atomic E-state index is 0.227. The van der Waals surface area contributed by atoms with Crippen molar-refractivity contribution in [2.75, 3.05) is 7.11 Å². The molecule has 0 atom stereocenters. The van der Waals surface area contributed by atoms with E-state index in [1.165, 1.54) is 13.2 Å². The topological polar surface area (TPSA) is 9.23 Å². The molecule has 0 saturated heterocycles. The Bertz CT molecular complexity index is 291. The molecule has 0 unspecified atom stereocenters. The lowest BCUT2D eigenvalue weighted by atomic mass is 10.2. The van der Waals surface area contributed by atoms with Gasteiger partial charge in [0.1, 0.15) is 5.82 Å². The third kappa shape index (κ3) is 2.19. The zero-order valence-electron chi connectivity index (χ0n) is 6.40. The summed E-state index contributed by atoms with van der Waals surface area (Å²) in [6.45, 7) is 0.227. The van der Waals surface area contributed by atoms with Gasteiger partial charge in [-0.2, -0.15) is 0 Å². The normalized spacial score (nSPS) is 10.3. The van der Waals surface area contributed by atoms with Crippen molar-refractivity contribution in [1.82, 2.24) is 0 Å². The van der Waals surface area contributed by atoms with Crippen LogP contribution in [0.3, 0.4) is 0 Å². The van der Waals surface area contributed by atoms with Crippen molar-refractivity contribution < 1.29 is 9.13 Å². The van der Waals surface area contributed by atoms with Crippen LogP contribution in [0.2, 0.25) is 5.02 Å². The number of hydrogen-bond donors (Lipinski definition) is 0. The van der Waals surface area contributed by atoms with Crippen LogP contribution < -0.4 is 0 Å². The summed E-state index contributed by atoms with van der Waals surface area (Å²) in [5.41, 5.74) is 0.455. The van der Waals surface area contributed by atoms with Gasteiger partial charge in [-0.25, -0.2) is 4.39 Å². The highest BCUT2D eigenvalue weighted by molar-refractivity contribution is 9.10. The van der Waals surface area contributed by atoms with E-state index in [1.54, 1.807) is 6.07 Å². The van der Waals surface area contributed by atoms with Crippen LogP contribution in [0.15, 0.2) is 16.6 Å². The quantitative estimate of drug-likeness (QED) is 0.734. The fourth-order valence-electron chi connectivity index (χ4n) is 0.870. The Hall–Kier alpha value is -0.120. The van der Waals surface area contributed by atoms with Gasteiger partial charge in [0.2, 0.25) is 0 Å². The smallest absolute Gasteiger partial charge is 0.142 e. The molecule has 0 aliphatic carbocycles. The lowest BCUT2D eigenvalue weighted by molar-refractivity contribution is 0.181. The molecular weight excluding hydrogens is 246 g/mol. The van der Waals surface area contributed by atoms with Gasteiger partial charge < -0.3 is 4.74 Å². The zero-order chi connectivity index (χ0) is 9.14. The molecule has 0 aliphatic rings. The number of methoxy groups -OCH3 is 1. The van der Waals surface area contributed by atoms with Crippen molar-refractivity contribution in [3.05, 3.63) is 33.0 Å². The summed E-state index contributed by atoms with van der Waals surface area (Å²) in [6.07, 6.45) is 0. The monoisotopic (exact) mass is 252 g/mol. The van der Waals surface area contributed by atoms with Crippen LogP contribution in [0.25, 0.3) is 0 Å². The van der Waals surface area contributed by atoms with Crippen LogP contribution in [-0.2, 0) is 11.3 Å². The summed E-state index contributed by atoms with van der Waals surface area (Å²) in [7, 11) is 1.51. The minimum Gasteiger partial charge on any atom is -0.380 e. The van der Waals surface area contributed by atoms with Crippen molar-refractivity contribution in [2.24, 2.45) is 0 Å². The van der Waals surface area contributed by atoms with Crippen molar-refractivity contribution in [1.29, 1.82) is 0 Å². The Balaban J connectivity index is 3.09. The molecule has 1 aromatic rings. The van der Waals surface area contributed by atoms with Gasteiger partial charge in [0.25, 0.3) is 0 Å². The second-order valence-corrected chi connectivity index (χ2v) is 3.58. The number of rotatable bonds is 2. The van der Waals surface area contributed by atoms with E-state index in [4.69, 9.17) is 16.3 Å². The maximum absolute atomic E-state index is 13.2. The Morgan fingerprint density at radius 1 is 1.58 bits per heavy atom. The first-order valence-corrected chi connectivity index (χ1v) is 4.44. The van der Waals surface area contributed by atoms with Crippen LogP contribution in [-0.4, -0.2) is 7.11 Å². The Morgan fingerprint density at radius 2 is 2.25 bits per heavy atom. The first kappa shape index (κ1) is 9.96. The number of hydrogen-bond acceptors (Lipinski definition) is 1. The van der Waals surface area contributed by atoms with Gasteiger partial charge in [-0.15, -0.1) is 0 Å². The molecule has 1 nitrogen and oxygen atoms in total. The van der Waals surface area contributed by atoms with Crippen molar-refractivity contribution >= 4 is 27.5 Å². The molecular formula is C8H7BrClFO. The minimum atomic E-state index is -0.318. The third-order valence-corrected chi connectivity index (χ3v) is 2.16. The number of halogens is 3. The number of ether oxygens (including phenoxy) is 1. The van der Waals surface area contributed by atoms with E-state index < -0.39 is 0 Å². The average molecular weight is 253 g/mol. The molecule has 0 aromatic heterocycles. The van der Waals surface area contributed by atoms with E-state index in [-0.39, 0.29) is 12.4 Å². The van der Waals surface area contributed by atoms with Gasteiger partial charge in [0, 0.05) is 17.7 Å². The molecule has 4 heteroatoms. The maximum atomic E-state index is 13.2. The van der Waals surface area contributed by atoms with E-state index in [1.807, 2.05) is 0 Å². The molecule has 66 valence electrons. The summed E-state index contributed by atoms with van der Waals surface area (Å²) in [5, 5.41) is 0.496. The van der Waals surface area contributed by atoms with E-state index in [0.29, 0.717) is 15.1 Å². The molecule has 0 radical (unpaired) electrons. The summed E-state index contributed by atoms with van der Waals surface area (Å²) in [6, 6.07) is 3.06. The molecule has 0 bridgehead atoms. The van der Waals surface area contributed by atoms with Gasteiger partial charge >= 0.3 is 0 Å². The average Bonchev–Trinajstić information content (AvgIpc) is 2.00. The largest absolute Gasteiger partial charge is 0.380 e. The zero-order valence-corrected chi connectivity index (χ0v) is 8.75. The van der Waals surface area contributed by atoms with Crippen LogP contribution in [0, 0.1) is 5.82 Å². The van der Waals surface area contributed by atoms with E-state index >= 15 is 0 Å². The van der Waals surface area contributed by atoms with Gasteiger partial charge in [0.15, 0.2) is 0 Å². The predicted molar refractivity (Wildman–Crippen MR) is 49.8 cm³/mol. The van der Waals surface area contributed by atoms with Crippen LogP contribution in [0.5, 0.6) is 0 Å². The highest BCUT2D eigenvalue weighted by atomic mass is 79.9. The van der Waals surface area contributed by atoms with E-state index in [0.717, 1.165) is 0 Å². The molecule has 0 fully saturated rings. The summed E-state index contributed by atoms with van der Waals surface area (Å²) >= 11 is 8.76. The SMILES string of the molecule is COCc1cc(Cl)cc(Br)c1F. The molecule has 0 heterocycles. The molecule has 0 amide bonds. The summed E-state index contributed by atoms with van der Waals surface area (Å²) in [4.78, 5) is 0. The van der Waals surface area contributed by atoms with Gasteiger partial charge in [0.05, 0.1) is 11.1 Å². The van der Waals surface area contributed by atoms with Gasteiger partial charge in [-0.05, 0) is 28.1 Å². The fourth-order valence-corrected chi connectivity index (χ4v) is 1.74. The number of benzene rings is 1. The van der Waals surface area contributed by atoms with E-state index in [9.17, 15) is 4.39 Å². The Morgan fingerprint density at radius 3 is 2.83 bits per heavy atom. The van der Waals surface area contributed by atoms with Crippen molar-refractivity contribution in [2.45, 2.75) is 6.61 Å². The molecule has 0 spiro atoms. The van der Waals surface area contributed by atoms with Crippen molar-refractivity contribution in [3.8, 4) is 0 Å². The van der Waals surface area contributed by atoms with Crippen LogP contribution in [0.4, 0.5) is 4.39 Å². The van der Waals surface area contributed by atoms with E-state index in [2.05, 4.69) is 15.9 Å².